The molecule has 1 aliphatic heterocycles. The molecule has 0 bridgehead atoms. The second kappa shape index (κ2) is 68.7. The molecule has 2 aromatic carbocycles. The molecule has 47 heteroatoms. The smallest absolute Gasteiger partial charge is 0.314 e. The van der Waals surface area contributed by atoms with Crippen molar-refractivity contribution in [2.24, 2.45) is 31.9 Å². The van der Waals surface area contributed by atoms with E-state index in [-0.39, 0.29) is 95.8 Å². The summed E-state index contributed by atoms with van der Waals surface area (Å²) in [6.45, 7) is 10.2. The van der Waals surface area contributed by atoms with E-state index in [1.54, 1.807) is 6.92 Å². The number of nitrogens with one attached hydrogen (secondary N) is 3. The molecule has 102 heavy (non-hydrogen) atoms. The fourth-order valence-electron chi connectivity index (χ4n) is 5.76. The predicted molar refractivity (Wildman–Crippen MR) is 332 cm³/mol. The van der Waals surface area contributed by atoms with E-state index >= 15 is 0 Å². The number of ketones is 1. The van der Waals surface area contributed by atoms with Crippen molar-refractivity contribution in [3.63, 3.8) is 0 Å². The lowest BCUT2D eigenvalue weighted by Crippen LogP contribution is -2.28. The Morgan fingerprint density at radius 2 is 0.725 bits per heavy atom. The SMILES string of the molecule is CCC(=O)CCC(=O)NCCOCCOCCN=[N+]=[N-].CN.O=C1CCC(=O)O1.Oc1c(F)c(F)c(F)c(F)c1F.[N-]=[N+]=NCCOCCOCCN.[N-]=[N+]=NCCOCCOCCNC(=O)CCC(=O)O.[N-]=[N+]=NCCOCCOCCNC(=O)CCC(=O)Oc1c(F)c(F)c(F)c(F)c1F. The number of benzene rings is 2. The molecule has 0 aromatic heterocycles. The summed E-state index contributed by atoms with van der Waals surface area (Å²) in [7, 11) is 1.50. The Balaban J connectivity index is -0.000000590. The quantitative estimate of drug-likeness (QED) is 0.00391. The summed E-state index contributed by atoms with van der Waals surface area (Å²) in [5.41, 5.74) is 41.6. The van der Waals surface area contributed by atoms with Crippen molar-refractivity contribution in [3.8, 4) is 11.5 Å². The number of nitrogens with two attached hydrogens (primary N) is 2. The van der Waals surface area contributed by atoms with Crippen LogP contribution in [0.5, 0.6) is 11.5 Å². The van der Waals surface area contributed by atoms with Crippen LogP contribution in [0.15, 0.2) is 20.5 Å². The lowest BCUT2D eigenvalue weighted by molar-refractivity contribution is -0.152. The highest BCUT2D eigenvalue weighted by molar-refractivity contribution is 5.92. The Hall–Kier alpha value is -9.46. The van der Waals surface area contributed by atoms with Crippen molar-refractivity contribution in [1.82, 2.24) is 16.0 Å². The van der Waals surface area contributed by atoms with Crippen LogP contribution in [-0.4, -0.2) is 223 Å². The van der Waals surface area contributed by atoms with E-state index in [4.69, 9.17) is 76.0 Å². The topological polar surface area (TPSA) is 552 Å². The van der Waals surface area contributed by atoms with Gasteiger partial charge in [-0.1, -0.05) is 27.4 Å². The Morgan fingerprint density at radius 3 is 1.01 bits per heavy atom. The van der Waals surface area contributed by atoms with E-state index in [9.17, 15) is 82.3 Å². The molecule has 0 radical (unpaired) electrons. The molecule has 0 aliphatic carbocycles. The number of aliphatic carboxylic acids is 1. The van der Waals surface area contributed by atoms with Crippen LogP contribution in [0.2, 0.25) is 0 Å². The maximum Gasteiger partial charge on any atom is 0.314 e. The van der Waals surface area contributed by atoms with Gasteiger partial charge in [0.15, 0.2) is 5.75 Å². The predicted octanol–water partition coefficient (Wildman–Crippen LogP) is 5.84. The van der Waals surface area contributed by atoms with Crippen LogP contribution in [-0.2, 0) is 81.0 Å². The number of nitrogens with zero attached hydrogens (tertiary/aromatic N) is 12. The molecule has 1 fully saturated rings. The van der Waals surface area contributed by atoms with Crippen molar-refractivity contribution in [3.05, 3.63) is 99.9 Å². The van der Waals surface area contributed by atoms with Gasteiger partial charge in [0, 0.05) is 104 Å². The fraction of sp³-hybridized carbons (Fsp3) is 0.636. The number of Topliss-reactive ketones (excluding diaryl/α,β-unsaturated/α-hetero) is 1. The molecular formula is C55H81F10N17O20. The van der Waals surface area contributed by atoms with Crippen LogP contribution in [0, 0.1) is 58.2 Å². The lowest BCUT2D eigenvalue weighted by atomic mass is 10.2. The number of hydrogen-bond donors (Lipinski definition) is 7. The molecule has 9 N–H and O–H groups in total. The van der Waals surface area contributed by atoms with E-state index in [0.717, 1.165) is 0 Å². The van der Waals surface area contributed by atoms with Crippen LogP contribution < -0.4 is 32.2 Å². The van der Waals surface area contributed by atoms with Crippen molar-refractivity contribution in [1.29, 1.82) is 0 Å². The number of esters is 3. The molecule has 1 aliphatic rings. The molecule has 3 rings (SSSR count). The molecule has 2 aromatic rings. The monoisotopic (exact) mass is 1490 g/mol. The highest BCUT2D eigenvalue weighted by Crippen LogP contribution is 2.30. The van der Waals surface area contributed by atoms with Crippen LogP contribution in [0.25, 0.3) is 41.8 Å². The average Bonchev–Trinajstić information content (AvgIpc) is 0.864. The van der Waals surface area contributed by atoms with Gasteiger partial charge in [0.1, 0.15) is 5.78 Å². The Kier molecular flexibility index (Phi) is 66.6. The van der Waals surface area contributed by atoms with Crippen molar-refractivity contribution in [2.75, 3.05) is 165 Å². The molecule has 0 spiro atoms. The molecule has 576 valence electrons. The van der Waals surface area contributed by atoms with Crippen LogP contribution in [0.3, 0.4) is 0 Å². The maximum absolute atomic E-state index is 13.4. The Morgan fingerprint density at radius 1 is 0.441 bits per heavy atom. The highest BCUT2D eigenvalue weighted by Gasteiger charge is 2.29. The molecule has 37 nitrogen and oxygen atoms in total. The third-order valence-corrected chi connectivity index (χ3v) is 10.5. The molecule has 3 amide bonds. The van der Waals surface area contributed by atoms with E-state index in [1.165, 1.54) is 7.05 Å². The number of aromatic hydroxyl groups is 1. The van der Waals surface area contributed by atoms with Gasteiger partial charge in [-0.2, -0.15) is 17.6 Å². The van der Waals surface area contributed by atoms with Crippen molar-refractivity contribution < 1.29 is 140 Å². The van der Waals surface area contributed by atoms with Crippen LogP contribution in [0.1, 0.15) is 64.7 Å². The Labute approximate surface area is 575 Å². The third-order valence-electron chi connectivity index (χ3n) is 10.5. The number of cyclic esters (lactones) is 2. The third kappa shape index (κ3) is 56.3. The van der Waals surface area contributed by atoms with Gasteiger partial charge in [0.25, 0.3) is 0 Å². The number of carboxylic acid groups (broad SMARTS) is 1. The zero-order valence-corrected chi connectivity index (χ0v) is 55.4. The highest BCUT2D eigenvalue weighted by atomic mass is 19.2. The average molecular weight is 1490 g/mol. The molecule has 1 saturated heterocycles. The first-order chi connectivity index (χ1) is 48.8. The molecule has 1 heterocycles. The van der Waals surface area contributed by atoms with E-state index < -0.39 is 112 Å². The summed E-state index contributed by atoms with van der Waals surface area (Å²) in [4.78, 5) is 97.0. The molecule has 0 saturated carbocycles. The van der Waals surface area contributed by atoms with Crippen molar-refractivity contribution >= 4 is 47.4 Å². The minimum absolute atomic E-state index is 0.0299. The minimum atomic E-state index is -2.38. The van der Waals surface area contributed by atoms with E-state index in [2.05, 4.69) is 71.3 Å². The zero-order valence-electron chi connectivity index (χ0n) is 55.4. The second-order valence-electron chi connectivity index (χ2n) is 18.0. The maximum atomic E-state index is 13.4. The van der Waals surface area contributed by atoms with E-state index in [0.29, 0.717) is 125 Å². The van der Waals surface area contributed by atoms with Gasteiger partial charge in [-0.05, 0) is 29.2 Å². The van der Waals surface area contributed by atoms with Gasteiger partial charge in [0.2, 0.25) is 81.6 Å². The normalized spacial score (nSPS) is 10.6. The number of rotatable bonds is 46. The standard InChI is InChI=1S/C16H17F5N4O5.C12H22N4O4.C10H18N4O5.C6HF5O.C6H14N4O2.C4H4O3.CH5N/c17-11-12(18)14(20)16(15(21)13(11)19)30-10(27)2-1-9(26)23-3-5-28-7-8-29-6-4-24-25-22;1-2-11(17)3-4-12(18)14-5-7-19-9-10-20-8-6-15-16-13;11-14-13-4-6-19-8-7-18-5-3-12-9(15)1-2-10(16)17;7-1-2(8)4(10)6(12)5(11)3(1)9;7-1-3-11-5-6-12-4-2-9-10-8;5-3-1-2-4(6)7-3;1-2/h1-8H2,(H,23,26);2-10H2,1H3,(H,14,18);1-8H2,(H,12,15)(H,16,17);12H;1-7H2;1-2H2;2H2,1H3. The first kappa shape index (κ1) is 98.9. The number of amides is 3. The number of azide groups is 4. The fourth-order valence-corrected chi connectivity index (χ4v) is 5.76. The summed E-state index contributed by atoms with van der Waals surface area (Å²) in [6.07, 6.45) is 0.205. The summed E-state index contributed by atoms with van der Waals surface area (Å²) in [5.74, 6) is -30.3. The van der Waals surface area contributed by atoms with Gasteiger partial charge in [-0.25, -0.2) is 26.3 Å². The number of phenols is 1. The number of carbonyl (C=O) groups is 8. The molecule has 0 atom stereocenters. The zero-order chi connectivity index (χ0) is 77.7. The van der Waals surface area contributed by atoms with Gasteiger partial charge in [-0.3, -0.25) is 38.4 Å². The minimum Gasteiger partial charge on any atom is -0.503 e. The molecule has 0 unspecified atom stereocenters. The number of phenolic OH excluding ortho intramolecular Hbond substituents is 1. The molecular weight excluding hydrogens is 1410 g/mol. The van der Waals surface area contributed by atoms with Gasteiger partial charge >= 0.3 is 23.9 Å². The van der Waals surface area contributed by atoms with Crippen LogP contribution >= 0.6 is 0 Å². The van der Waals surface area contributed by atoms with Crippen molar-refractivity contribution in [2.45, 2.75) is 64.7 Å². The number of carboxylic acids is 1. The number of carbonyl (C=O) groups excluding carboxylic acids is 7. The second-order valence-corrected chi connectivity index (χ2v) is 18.0. The largest absolute Gasteiger partial charge is 0.503 e. The first-order valence-electron chi connectivity index (χ1n) is 30.0. The summed E-state index contributed by atoms with van der Waals surface area (Å²) in [6, 6.07) is 0. The van der Waals surface area contributed by atoms with E-state index in [1.807, 2.05) is 0 Å². The number of hydrogen-bond acceptors (Lipinski definition) is 25. The number of ether oxygens (including phenoxy) is 10. The number of halogens is 10. The van der Waals surface area contributed by atoms with Gasteiger partial charge in [-0.15, -0.1) is 0 Å². The Bertz CT molecular complexity index is 2850. The lowest BCUT2D eigenvalue weighted by Gasteiger charge is -2.09. The summed E-state index contributed by atoms with van der Waals surface area (Å²) >= 11 is 0. The van der Waals surface area contributed by atoms with Gasteiger partial charge < -0.3 is 85.0 Å². The summed E-state index contributed by atoms with van der Waals surface area (Å²) < 4.78 is 176. The first-order valence-corrected chi connectivity index (χ1v) is 30.0. The van der Waals surface area contributed by atoms with Gasteiger partial charge in [0.05, 0.1) is 131 Å². The van der Waals surface area contributed by atoms with Crippen LogP contribution in [0.4, 0.5) is 43.9 Å². The summed E-state index contributed by atoms with van der Waals surface area (Å²) in [5, 5.41) is 37.4.